The standard InChI is InChI=1S/C14H19ClN2/c15-13-4-2-1-3-9(13)8-14(17-16)12-6-10-5-11(10)7-12/h1-4,10-12,14,17H,5-8,16H2. The molecule has 3 atom stereocenters. The number of nitrogens with two attached hydrogens (primary N) is 1. The molecule has 0 amide bonds. The first-order chi connectivity index (χ1) is 8.28. The fourth-order valence-electron chi connectivity index (χ4n) is 3.35. The highest BCUT2D eigenvalue weighted by molar-refractivity contribution is 6.31. The van der Waals surface area contributed by atoms with Crippen LogP contribution in [0.1, 0.15) is 24.8 Å². The zero-order valence-corrected chi connectivity index (χ0v) is 10.7. The van der Waals surface area contributed by atoms with Crippen molar-refractivity contribution < 1.29 is 0 Å². The summed E-state index contributed by atoms with van der Waals surface area (Å²) in [6.45, 7) is 0. The van der Waals surface area contributed by atoms with E-state index in [-0.39, 0.29) is 0 Å². The number of hydrazine groups is 1. The van der Waals surface area contributed by atoms with Crippen molar-refractivity contribution in [1.82, 2.24) is 5.43 Å². The third-order valence-corrected chi connectivity index (χ3v) is 4.83. The first-order valence-electron chi connectivity index (χ1n) is 6.47. The number of hydrogen-bond donors (Lipinski definition) is 2. The summed E-state index contributed by atoms with van der Waals surface area (Å²) in [4.78, 5) is 0. The van der Waals surface area contributed by atoms with Gasteiger partial charge in [-0.15, -0.1) is 0 Å². The summed E-state index contributed by atoms with van der Waals surface area (Å²) >= 11 is 6.20. The molecule has 1 aromatic carbocycles. The Morgan fingerprint density at radius 3 is 2.59 bits per heavy atom. The van der Waals surface area contributed by atoms with Crippen molar-refractivity contribution in [2.24, 2.45) is 23.6 Å². The molecule has 0 aromatic heterocycles. The van der Waals surface area contributed by atoms with Gasteiger partial charge in [0.15, 0.2) is 0 Å². The van der Waals surface area contributed by atoms with Crippen molar-refractivity contribution in [1.29, 1.82) is 0 Å². The van der Waals surface area contributed by atoms with E-state index < -0.39 is 0 Å². The summed E-state index contributed by atoms with van der Waals surface area (Å²) < 4.78 is 0. The SMILES string of the molecule is NNC(Cc1ccccc1Cl)C1CC2CC2C1. The fourth-order valence-corrected chi connectivity index (χ4v) is 3.57. The van der Waals surface area contributed by atoms with Crippen molar-refractivity contribution in [3.63, 3.8) is 0 Å². The Kier molecular flexibility index (Phi) is 3.12. The molecule has 0 bridgehead atoms. The van der Waals surface area contributed by atoms with Gasteiger partial charge in [-0.1, -0.05) is 29.8 Å². The number of fused-ring (bicyclic) bond motifs is 1. The molecular formula is C14H19ClN2. The van der Waals surface area contributed by atoms with Crippen molar-refractivity contribution in [3.05, 3.63) is 34.9 Å². The van der Waals surface area contributed by atoms with Gasteiger partial charge in [-0.05, 0) is 55.1 Å². The van der Waals surface area contributed by atoms with E-state index in [1.165, 1.54) is 24.8 Å². The Bertz CT molecular complexity index is 397. The Morgan fingerprint density at radius 1 is 1.24 bits per heavy atom. The first-order valence-corrected chi connectivity index (χ1v) is 6.85. The second-order valence-electron chi connectivity index (χ2n) is 5.56. The molecule has 0 heterocycles. The van der Waals surface area contributed by atoms with Crippen molar-refractivity contribution in [3.8, 4) is 0 Å². The van der Waals surface area contributed by atoms with E-state index in [4.69, 9.17) is 17.4 Å². The molecule has 3 rings (SSSR count). The largest absolute Gasteiger partial charge is 0.271 e. The maximum absolute atomic E-state index is 6.20. The Morgan fingerprint density at radius 2 is 1.94 bits per heavy atom. The molecule has 2 aliphatic carbocycles. The maximum atomic E-state index is 6.20. The van der Waals surface area contributed by atoms with Crippen LogP contribution in [0.5, 0.6) is 0 Å². The lowest BCUT2D eigenvalue weighted by Gasteiger charge is -2.24. The minimum atomic E-state index is 0.377. The minimum absolute atomic E-state index is 0.377. The van der Waals surface area contributed by atoms with Gasteiger partial charge >= 0.3 is 0 Å². The van der Waals surface area contributed by atoms with E-state index in [9.17, 15) is 0 Å². The van der Waals surface area contributed by atoms with Crippen LogP contribution in [0.15, 0.2) is 24.3 Å². The van der Waals surface area contributed by atoms with Gasteiger partial charge in [-0.25, -0.2) is 0 Å². The Labute approximate surface area is 108 Å². The van der Waals surface area contributed by atoms with E-state index >= 15 is 0 Å². The summed E-state index contributed by atoms with van der Waals surface area (Å²) in [6.07, 6.45) is 5.11. The molecule has 1 aromatic rings. The van der Waals surface area contributed by atoms with Crippen molar-refractivity contribution in [2.45, 2.75) is 31.7 Å². The number of rotatable bonds is 4. The zero-order chi connectivity index (χ0) is 11.8. The summed E-state index contributed by atoms with van der Waals surface area (Å²) in [7, 11) is 0. The molecule has 0 saturated heterocycles. The maximum Gasteiger partial charge on any atom is 0.0438 e. The molecule has 2 nitrogen and oxygen atoms in total. The average Bonchev–Trinajstić information content (AvgIpc) is 2.95. The molecule has 2 saturated carbocycles. The van der Waals surface area contributed by atoms with E-state index in [0.717, 1.165) is 29.2 Å². The summed E-state index contributed by atoms with van der Waals surface area (Å²) in [5, 5.41) is 0.857. The van der Waals surface area contributed by atoms with Gasteiger partial charge in [0.05, 0.1) is 0 Å². The predicted octanol–water partition coefficient (Wildman–Crippen LogP) is 2.76. The molecule has 17 heavy (non-hydrogen) atoms. The molecule has 3 heteroatoms. The first kappa shape index (κ1) is 11.5. The average molecular weight is 251 g/mol. The minimum Gasteiger partial charge on any atom is -0.271 e. The molecule has 0 aliphatic heterocycles. The predicted molar refractivity (Wildman–Crippen MR) is 70.6 cm³/mol. The molecule has 2 aliphatic rings. The van der Waals surface area contributed by atoms with E-state index in [1.807, 2.05) is 18.2 Å². The van der Waals surface area contributed by atoms with Crippen molar-refractivity contribution >= 4 is 11.6 Å². The van der Waals surface area contributed by atoms with Crippen LogP contribution in [0.4, 0.5) is 0 Å². The monoisotopic (exact) mass is 250 g/mol. The highest BCUT2D eigenvalue weighted by atomic mass is 35.5. The van der Waals surface area contributed by atoms with E-state index in [0.29, 0.717) is 6.04 Å². The van der Waals surface area contributed by atoms with Crippen LogP contribution in [0.25, 0.3) is 0 Å². The lowest BCUT2D eigenvalue weighted by molar-refractivity contribution is 0.336. The van der Waals surface area contributed by atoms with Gasteiger partial charge in [0.1, 0.15) is 0 Å². The lowest BCUT2D eigenvalue weighted by Crippen LogP contribution is -2.42. The molecular weight excluding hydrogens is 232 g/mol. The van der Waals surface area contributed by atoms with Crippen LogP contribution >= 0.6 is 11.6 Å². The summed E-state index contributed by atoms with van der Waals surface area (Å²) in [6, 6.07) is 8.45. The van der Waals surface area contributed by atoms with Crippen LogP contribution < -0.4 is 11.3 Å². The number of halogens is 1. The Balaban J connectivity index is 1.67. The van der Waals surface area contributed by atoms with Gasteiger partial charge in [-0.2, -0.15) is 0 Å². The van der Waals surface area contributed by atoms with Crippen molar-refractivity contribution in [2.75, 3.05) is 0 Å². The molecule has 92 valence electrons. The normalized spacial score (nSPS) is 32.2. The molecule has 3 N–H and O–H groups in total. The van der Waals surface area contributed by atoms with Gasteiger partial charge in [0, 0.05) is 11.1 Å². The second kappa shape index (κ2) is 4.60. The van der Waals surface area contributed by atoms with Gasteiger partial charge in [0.25, 0.3) is 0 Å². The number of hydrogen-bond acceptors (Lipinski definition) is 2. The quantitative estimate of drug-likeness (QED) is 0.637. The third kappa shape index (κ3) is 2.35. The van der Waals surface area contributed by atoms with Gasteiger partial charge < -0.3 is 0 Å². The molecule has 3 unspecified atom stereocenters. The smallest absolute Gasteiger partial charge is 0.0438 e. The van der Waals surface area contributed by atoms with Gasteiger partial charge in [0.2, 0.25) is 0 Å². The van der Waals surface area contributed by atoms with Crippen LogP contribution in [-0.2, 0) is 6.42 Å². The van der Waals surface area contributed by atoms with Crippen LogP contribution in [0.2, 0.25) is 5.02 Å². The van der Waals surface area contributed by atoms with E-state index in [1.54, 1.807) is 0 Å². The third-order valence-electron chi connectivity index (χ3n) is 4.46. The van der Waals surface area contributed by atoms with Crippen LogP contribution in [-0.4, -0.2) is 6.04 Å². The number of benzene rings is 1. The molecule has 0 radical (unpaired) electrons. The van der Waals surface area contributed by atoms with Gasteiger partial charge in [-0.3, -0.25) is 11.3 Å². The van der Waals surface area contributed by atoms with Crippen LogP contribution in [0, 0.1) is 17.8 Å². The lowest BCUT2D eigenvalue weighted by atomic mass is 9.90. The van der Waals surface area contributed by atoms with Crippen LogP contribution in [0.3, 0.4) is 0 Å². The topological polar surface area (TPSA) is 38.0 Å². The molecule has 2 fully saturated rings. The Hall–Kier alpha value is -0.570. The summed E-state index contributed by atoms with van der Waals surface area (Å²) in [5.41, 5.74) is 4.21. The highest BCUT2D eigenvalue weighted by Crippen LogP contribution is 2.55. The second-order valence-corrected chi connectivity index (χ2v) is 5.96. The van der Waals surface area contributed by atoms with E-state index in [2.05, 4.69) is 11.5 Å². The number of nitrogens with one attached hydrogen (secondary N) is 1. The molecule has 0 spiro atoms. The fraction of sp³-hybridized carbons (Fsp3) is 0.571. The summed E-state index contributed by atoms with van der Waals surface area (Å²) in [5.74, 6) is 8.46. The zero-order valence-electron chi connectivity index (χ0n) is 9.90. The highest BCUT2D eigenvalue weighted by Gasteiger charge is 2.47.